The smallest absolute Gasteiger partial charge is 0.161 e. The van der Waals surface area contributed by atoms with Crippen molar-refractivity contribution in [2.24, 2.45) is 0 Å². The summed E-state index contributed by atoms with van der Waals surface area (Å²) >= 11 is 7.78. The lowest BCUT2D eigenvalue weighted by atomic mass is 10.2. The fourth-order valence-electron chi connectivity index (χ4n) is 1.88. The molecule has 0 atom stereocenters. The van der Waals surface area contributed by atoms with Crippen LogP contribution < -0.4 is 4.74 Å². The van der Waals surface area contributed by atoms with Crippen molar-refractivity contribution in [2.45, 2.75) is 6.61 Å². The Morgan fingerprint density at radius 1 is 1.11 bits per heavy atom. The van der Waals surface area contributed by atoms with Gasteiger partial charge in [0.15, 0.2) is 11.5 Å². The fourth-order valence-corrected chi connectivity index (χ4v) is 3.16. The number of thiophene rings is 1. The van der Waals surface area contributed by atoms with E-state index in [1.165, 1.54) is 0 Å². The van der Waals surface area contributed by atoms with E-state index in [2.05, 4.69) is 0 Å². The van der Waals surface area contributed by atoms with Crippen LogP contribution in [0, 0.1) is 0 Å². The summed E-state index contributed by atoms with van der Waals surface area (Å²) in [4.78, 5) is 1.08. The Labute approximate surface area is 119 Å². The van der Waals surface area contributed by atoms with Gasteiger partial charge in [0, 0.05) is 20.0 Å². The molecule has 0 aliphatic heterocycles. The maximum atomic E-state index is 9.63. The van der Waals surface area contributed by atoms with Gasteiger partial charge in [0.05, 0.1) is 0 Å². The van der Waals surface area contributed by atoms with Gasteiger partial charge < -0.3 is 9.84 Å². The fraction of sp³-hybridized carbons (Fsp3) is 0.0667. The number of benzene rings is 2. The van der Waals surface area contributed by atoms with Gasteiger partial charge in [-0.25, -0.2) is 0 Å². The molecule has 0 unspecified atom stereocenters. The van der Waals surface area contributed by atoms with E-state index in [0.29, 0.717) is 12.4 Å². The van der Waals surface area contributed by atoms with Crippen LogP contribution in [0.4, 0.5) is 0 Å². The lowest BCUT2D eigenvalue weighted by molar-refractivity contribution is 0.292. The number of hydrogen-bond donors (Lipinski definition) is 1. The van der Waals surface area contributed by atoms with Crippen LogP contribution in [-0.4, -0.2) is 5.11 Å². The van der Waals surface area contributed by atoms with Crippen LogP contribution in [0.25, 0.3) is 10.1 Å². The highest BCUT2D eigenvalue weighted by Gasteiger charge is 2.06. The number of para-hydroxylation sites is 2. The van der Waals surface area contributed by atoms with Gasteiger partial charge in [0.25, 0.3) is 0 Å². The third-order valence-electron chi connectivity index (χ3n) is 2.79. The lowest BCUT2D eigenvalue weighted by Gasteiger charge is -2.05. The Hall–Kier alpha value is -1.71. The first-order chi connectivity index (χ1) is 9.24. The molecular formula is C15H11ClO2S. The number of hydrogen-bond acceptors (Lipinski definition) is 3. The second kappa shape index (κ2) is 5.11. The van der Waals surface area contributed by atoms with Crippen LogP contribution in [0.15, 0.2) is 48.5 Å². The van der Waals surface area contributed by atoms with Crippen LogP contribution in [0.1, 0.15) is 4.88 Å². The molecule has 19 heavy (non-hydrogen) atoms. The minimum atomic E-state index is 0.154. The molecule has 0 amide bonds. The number of phenols is 1. The predicted molar refractivity (Wildman–Crippen MR) is 79.3 cm³/mol. The van der Waals surface area contributed by atoms with Crippen molar-refractivity contribution in [3.05, 3.63) is 58.4 Å². The van der Waals surface area contributed by atoms with Gasteiger partial charge in [-0.1, -0.05) is 29.8 Å². The second-order valence-electron chi connectivity index (χ2n) is 4.12. The molecule has 0 radical (unpaired) electrons. The third-order valence-corrected chi connectivity index (χ3v) is 4.20. The summed E-state index contributed by atoms with van der Waals surface area (Å²) < 4.78 is 6.75. The van der Waals surface area contributed by atoms with Crippen molar-refractivity contribution < 1.29 is 9.84 Å². The van der Waals surface area contributed by atoms with Crippen LogP contribution in [0.3, 0.4) is 0 Å². The highest BCUT2D eigenvalue weighted by molar-refractivity contribution is 7.19. The Morgan fingerprint density at radius 2 is 1.95 bits per heavy atom. The zero-order valence-corrected chi connectivity index (χ0v) is 11.5. The Kier molecular flexibility index (Phi) is 3.32. The van der Waals surface area contributed by atoms with Crippen LogP contribution in [0.2, 0.25) is 5.02 Å². The predicted octanol–water partition coefficient (Wildman–Crippen LogP) is 4.84. The molecule has 96 valence electrons. The Balaban J connectivity index is 1.83. The minimum absolute atomic E-state index is 0.154. The summed E-state index contributed by atoms with van der Waals surface area (Å²) in [5, 5.41) is 11.4. The summed E-state index contributed by atoms with van der Waals surface area (Å²) in [5.74, 6) is 0.646. The van der Waals surface area contributed by atoms with E-state index in [0.717, 1.165) is 20.0 Å². The highest BCUT2D eigenvalue weighted by Crippen LogP contribution is 2.32. The molecule has 4 heteroatoms. The molecule has 2 aromatic carbocycles. The van der Waals surface area contributed by atoms with E-state index in [4.69, 9.17) is 16.3 Å². The number of fused-ring (bicyclic) bond motifs is 1. The zero-order chi connectivity index (χ0) is 13.2. The van der Waals surface area contributed by atoms with E-state index >= 15 is 0 Å². The van der Waals surface area contributed by atoms with Crippen molar-refractivity contribution in [1.82, 2.24) is 0 Å². The number of ether oxygens (including phenoxy) is 1. The topological polar surface area (TPSA) is 29.5 Å². The zero-order valence-electron chi connectivity index (χ0n) is 9.97. The molecule has 1 heterocycles. The van der Waals surface area contributed by atoms with Crippen LogP contribution in [-0.2, 0) is 6.61 Å². The van der Waals surface area contributed by atoms with Crippen molar-refractivity contribution in [3.8, 4) is 11.5 Å². The Morgan fingerprint density at radius 3 is 2.74 bits per heavy atom. The maximum absolute atomic E-state index is 9.63. The van der Waals surface area contributed by atoms with Gasteiger partial charge in [-0.3, -0.25) is 0 Å². The first-order valence-electron chi connectivity index (χ1n) is 5.82. The molecule has 3 rings (SSSR count). The minimum Gasteiger partial charge on any atom is -0.504 e. The second-order valence-corrected chi connectivity index (χ2v) is 5.70. The number of halogens is 1. The molecular weight excluding hydrogens is 280 g/mol. The van der Waals surface area contributed by atoms with Gasteiger partial charge in [0.2, 0.25) is 0 Å². The van der Waals surface area contributed by atoms with Crippen molar-refractivity contribution in [3.63, 3.8) is 0 Å². The van der Waals surface area contributed by atoms with Gasteiger partial charge in [-0.05, 0) is 30.3 Å². The van der Waals surface area contributed by atoms with E-state index in [-0.39, 0.29) is 5.75 Å². The normalized spacial score (nSPS) is 10.8. The summed E-state index contributed by atoms with van der Waals surface area (Å²) in [6.07, 6.45) is 0. The average Bonchev–Trinajstić information content (AvgIpc) is 2.82. The van der Waals surface area contributed by atoms with Gasteiger partial charge in [0.1, 0.15) is 6.61 Å². The first kappa shape index (κ1) is 12.3. The van der Waals surface area contributed by atoms with E-state index < -0.39 is 0 Å². The molecule has 1 aromatic heterocycles. The molecule has 2 nitrogen and oxygen atoms in total. The molecule has 0 fully saturated rings. The quantitative estimate of drug-likeness (QED) is 0.748. The summed E-state index contributed by atoms with van der Waals surface area (Å²) in [6, 6.07) is 14.8. The number of rotatable bonds is 3. The lowest BCUT2D eigenvalue weighted by Crippen LogP contribution is -1.92. The maximum Gasteiger partial charge on any atom is 0.161 e. The molecule has 3 aromatic rings. The van der Waals surface area contributed by atoms with Crippen LogP contribution in [0.5, 0.6) is 11.5 Å². The number of aromatic hydroxyl groups is 1. The van der Waals surface area contributed by atoms with Gasteiger partial charge >= 0.3 is 0 Å². The first-order valence-corrected chi connectivity index (χ1v) is 7.01. The summed E-state index contributed by atoms with van der Waals surface area (Å²) in [6.45, 7) is 0.424. The molecule has 1 N–H and O–H groups in total. The highest BCUT2D eigenvalue weighted by atomic mass is 35.5. The summed E-state index contributed by atoms with van der Waals surface area (Å²) in [7, 11) is 0. The molecule has 0 aliphatic rings. The molecule has 0 bridgehead atoms. The van der Waals surface area contributed by atoms with E-state index in [1.807, 2.05) is 30.3 Å². The van der Waals surface area contributed by atoms with Crippen molar-refractivity contribution in [2.75, 3.05) is 0 Å². The third kappa shape index (κ3) is 2.53. The molecule has 0 spiro atoms. The largest absolute Gasteiger partial charge is 0.504 e. The van der Waals surface area contributed by atoms with Gasteiger partial charge in [-0.2, -0.15) is 0 Å². The summed E-state index contributed by atoms with van der Waals surface area (Å²) in [5.41, 5.74) is 0. The molecule has 0 aliphatic carbocycles. The van der Waals surface area contributed by atoms with Crippen molar-refractivity contribution >= 4 is 33.0 Å². The average molecular weight is 291 g/mol. The van der Waals surface area contributed by atoms with E-state index in [1.54, 1.807) is 29.5 Å². The molecule has 0 saturated heterocycles. The van der Waals surface area contributed by atoms with Crippen molar-refractivity contribution in [1.29, 1.82) is 0 Å². The van der Waals surface area contributed by atoms with E-state index in [9.17, 15) is 5.11 Å². The standard InChI is InChI=1S/C15H11ClO2S/c16-12-4-3-7-15-11(12)8-10(19-15)9-18-14-6-2-1-5-13(14)17/h1-8,17H,9H2. The molecule has 0 saturated carbocycles. The Bertz CT molecular complexity index is 721. The van der Waals surface area contributed by atoms with Crippen LogP contribution >= 0.6 is 22.9 Å². The number of phenolic OH excluding ortho intramolecular Hbond substituents is 1. The van der Waals surface area contributed by atoms with Gasteiger partial charge in [-0.15, -0.1) is 11.3 Å². The monoisotopic (exact) mass is 290 g/mol. The SMILES string of the molecule is Oc1ccccc1OCc1cc2c(Cl)cccc2s1.